The molecule has 0 bridgehead atoms. The van der Waals surface area contributed by atoms with E-state index in [0.717, 1.165) is 36.0 Å². The van der Waals surface area contributed by atoms with Crippen molar-refractivity contribution in [3.63, 3.8) is 0 Å². The normalized spacial score (nSPS) is 23.4. The summed E-state index contributed by atoms with van der Waals surface area (Å²) in [5, 5.41) is 9.51. The van der Waals surface area contributed by atoms with E-state index in [1.165, 1.54) is 11.1 Å². The molecule has 0 radical (unpaired) electrons. The molecule has 0 aromatic heterocycles. The number of carboxylic acid groups (broad SMARTS) is 1. The van der Waals surface area contributed by atoms with Crippen molar-refractivity contribution in [3.05, 3.63) is 112 Å². The highest BCUT2D eigenvalue weighted by Crippen LogP contribution is 2.52. The summed E-state index contributed by atoms with van der Waals surface area (Å²) in [4.78, 5) is 24.7. The van der Waals surface area contributed by atoms with E-state index in [2.05, 4.69) is 24.3 Å². The number of aryl methyl sites for hydroxylation is 1. The number of hydrogen-bond acceptors (Lipinski definition) is 2. The number of rotatable bonds is 4. The highest BCUT2D eigenvalue weighted by Gasteiger charge is 2.49. The third kappa shape index (κ3) is 3.69. The van der Waals surface area contributed by atoms with Gasteiger partial charge in [0, 0.05) is 11.8 Å². The molecule has 2 atom stereocenters. The first-order chi connectivity index (χ1) is 15.5. The summed E-state index contributed by atoms with van der Waals surface area (Å²) < 4.78 is 0. The largest absolute Gasteiger partial charge is 0.478 e. The molecule has 0 saturated heterocycles. The molecule has 0 amide bonds. The van der Waals surface area contributed by atoms with E-state index in [1.54, 1.807) is 6.07 Å². The molecule has 3 aromatic carbocycles. The zero-order valence-corrected chi connectivity index (χ0v) is 18.0. The summed E-state index contributed by atoms with van der Waals surface area (Å²) in [7, 11) is 0. The Labute approximate surface area is 188 Å². The number of benzene rings is 3. The van der Waals surface area contributed by atoms with Gasteiger partial charge in [-0.1, -0.05) is 66.7 Å². The lowest BCUT2D eigenvalue weighted by Crippen LogP contribution is -2.46. The van der Waals surface area contributed by atoms with Gasteiger partial charge in [-0.25, -0.2) is 4.79 Å². The van der Waals surface area contributed by atoms with Gasteiger partial charge in [0.15, 0.2) is 5.78 Å². The van der Waals surface area contributed by atoms with Crippen LogP contribution in [0.4, 0.5) is 0 Å². The van der Waals surface area contributed by atoms with Crippen LogP contribution in [0.25, 0.3) is 6.08 Å². The number of ketones is 1. The van der Waals surface area contributed by atoms with Crippen LogP contribution in [0.1, 0.15) is 51.9 Å². The molecule has 5 rings (SSSR count). The van der Waals surface area contributed by atoms with Crippen molar-refractivity contribution in [1.82, 2.24) is 0 Å². The Morgan fingerprint density at radius 3 is 2.44 bits per heavy atom. The van der Waals surface area contributed by atoms with Crippen LogP contribution in [-0.2, 0) is 23.1 Å². The van der Waals surface area contributed by atoms with E-state index in [9.17, 15) is 14.7 Å². The molecule has 1 saturated carbocycles. The van der Waals surface area contributed by atoms with Crippen LogP contribution < -0.4 is 0 Å². The van der Waals surface area contributed by atoms with Crippen LogP contribution in [0.2, 0.25) is 0 Å². The van der Waals surface area contributed by atoms with Gasteiger partial charge in [0.25, 0.3) is 0 Å². The van der Waals surface area contributed by atoms with Crippen LogP contribution in [0, 0.1) is 5.92 Å². The SMILES string of the molecule is O=C1C[C@H]2CCc3cc(C(=O)O)ccc3C2(Cc2ccccc2)C/C1=C\c1ccccc1. The second-order valence-corrected chi connectivity index (χ2v) is 9.12. The van der Waals surface area contributed by atoms with Gasteiger partial charge in [-0.3, -0.25) is 4.79 Å². The summed E-state index contributed by atoms with van der Waals surface area (Å²) in [6.45, 7) is 0. The quantitative estimate of drug-likeness (QED) is 0.535. The van der Waals surface area contributed by atoms with Crippen molar-refractivity contribution >= 4 is 17.8 Å². The summed E-state index contributed by atoms with van der Waals surface area (Å²) >= 11 is 0. The molecule has 3 aromatic rings. The molecule has 3 heteroatoms. The smallest absolute Gasteiger partial charge is 0.335 e. The van der Waals surface area contributed by atoms with Crippen molar-refractivity contribution < 1.29 is 14.7 Å². The summed E-state index contributed by atoms with van der Waals surface area (Å²) in [6.07, 6.45) is 5.85. The van der Waals surface area contributed by atoms with Gasteiger partial charge in [0.2, 0.25) is 0 Å². The lowest BCUT2D eigenvalue weighted by atomic mass is 9.54. The fourth-order valence-electron chi connectivity index (χ4n) is 5.72. The molecule has 2 aliphatic carbocycles. The molecule has 32 heavy (non-hydrogen) atoms. The first kappa shape index (κ1) is 20.4. The van der Waals surface area contributed by atoms with E-state index in [0.29, 0.717) is 18.4 Å². The van der Waals surface area contributed by atoms with Crippen molar-refractivity contribution in [1.29, 1.82) is 0 Å². The Balaban J connectivity index is 1.64. The predicted molar refractivity (Wildman–Crippen MR) is 126 cm³/mol. The number of aromatic carboxylic acids is 1. The predicted octanol–water partition coefficient (Wildman–Crippen LogP) is 5.87. The summed E-state index contributed by atoms with van der Waals surface area (Å²) in [5.74, 6) is -0.394. The van der Waals surface area contributed by atoms with E-state index < -0.39 is 5.97 Å². The molecule has 2 aliphatic rings. The highest BCUT2D eigenvalue weighted by molar-refractivity contribution is 6.01. The highest BCUT2D eigenvalue weighted by atomic mass is 16.4. The van der Waals surface area contributed by atoms with Gasteiger partial charge in [-0.2, -0.15) is 0 Å². The van der Waals surface area contributed by atoms with E-state index in [4.69, 9.17) is 0 Å². The minimum atomic E-state index is -0.893. The second kappa shape index (κ2) is 8.23. The van der Waals surface area contributed by atoms with Crippen LogP contribution in [0.5, 0.6) is 0 Å². The monoisotopic (exact) mass is 422 g/mol. The lowest BCUT2D eigenvalue weighted by molar-refractivity contribution is -0.119. The standard InChI is InChI=1S/C29H26O3/c30-27-17-25-13-11-22-16-23(28(31)32)12-14-26(22)29(25,18-21-9-5-2-6-10-21)19-24(27)15-20-7-3-1-4-8-20/h1-10,12,14-16,25H,11,13,17-19H2,(H,31,32)/b24-15+/t25-,29?/m1/s1. The Morgan fingerprint density at radius 2 is 1.72 bits per heavy atom. The maximum Gasteiger partial charge on any atom is 0.335 e. The second-order valence-electron chi connectivity index (χ2n) is 9.12. The molecule has 3 nitrogen and oxygen atoms in total. The van der Waals surface area contributed by atoms with Gasteiger partial charge in [-0.05, 0) is 77.6 Å². The lowest BCUT2D eigenvalue weighted by Gasteiger charge is -2.49. The third-order valence-electron chi connectivity index (χ3n) is 7.23. The average Bonchev–Trinajstić information content (AvgIpc) is 2.81. The molecule has 0 heterocycles. The molecule has 0 spiro atoms. The maximum absolute atomic E-state index is 13.2. The number of carboxylic acids is 1. The average molecular weight is 423 g/mol. The Hall–Kier alpha value is -3.46. The van der Waals surface area contributed by atoms with Crippen molar-refractivity contribution in [2.24, 2.45) is 5.92 Å². The van der Waals surface area contributed by atoms with Gasteiger partial charge in [0.1, 0.15) is 0 Å². The van der Waals surface area contributed by atoms with Crippen molar-refractivity contribution in [2.45, 2.75) is 37.5 Å². The zero-order valence-electron chi connectivity index (χ0n) is 18.0. The molecular formula is C29H26O3. The van der Waals surface area contributed by atoms with E-state index in [1.807, 2.05) is 54.6 Å². The number of allylic oxidation sites excluding steroid dienone is 1. The molecule has 1 N–H and O–H groups in total. The minimum absolute atomic E-state index is 0.208. The van der Waals surface area contributed by atoms with Gasteiger partial charge in [-0.15, -0.1) is 0 Å². The Morgan fingerprint density at radius 1 is 1.00 bits per heavy atom. The maximum atomic E-state index is 13.2. The summed E-state index contributed by atoms with van der Waals surface area (Å²) in [6, 6.07) is 26.1. The number of hydrogen-bond donors (Lipinski definition) is 1. The Bertz CT molecular complexity index is 1190. The van der Waals surface area contributed by atoms with Crippen LogP contribution >= 0.6 is 0 Å². The number of fused-ring (bicyclic) bond motifs is 3. The Kier molecular flexibility index (Phi) is 5.26. The number of Topliss-reactive ketones (excluding diaryl/α,β-unsaturated/α-hetero) is 1. The zero-order chi connectivity index (χ0) is 22.1. The van der Waals surface area contributed by atoms with Crippen LogP contribution in [0.3, 0.4) is 0 Å². The molecule has 160 valence electrons. The first-order valence-corrected chi connectivity index (χ1v) is 11.2. The minimum Gasteiger partial charge on any atom is -0.478 e. The van der Waals surface area contributed by atoms with Crippen molar-refractivity contribution in [2.75, 3.05) is 0 Å². The van der Waals surface area contributed by atoms with Crippen LogP contribution in [0.15, 0.2) is 84.4 Å². The fraction of sp³-hybridized carbons (Fsp3) is 0.241. The van der Waals surface area contributed by atoms with Gasteiger partial charge >= 0.3 is 5.97 Å². The number of carbonyl (C=O) groups excluding carboxylic acids is 1. The molecule has 1 fully saturated rings. The summed E-state index contributed by atoms with van der Waals surface area (Å²) in [5.41, 5.74) is 5.63. The van der Waals surface area contributed by atoms with Gasteiger partial charge < -0.3 is 5.11 Å². The van der Waals surface area contributed by atoms with E-state index >= 15 is 0 Å². The topological polar surface area (TPSA) is 54.4 Å². The number of carbonyl (C=O) groups is 2. The fourth-order valence-corrected chi connectivity index (χ4v) is 5.72. The van der Waals surface area contributed by atoms with Gasteiger partial charge in [0.05, 0.1) is 5.56 Å². The van der Waals surface area contributed by atoms with Crippen molar-refractivity contribution in [3.8, 4) is 0 Å². The molecular weight excluding hydrogens is 396 g/mol. The first-order valence-electron chi connectivity index (χ1n) is 11.2. The third-order valence-corrected chi connectivity index (χ3v) is 7.23. The van der Waals surface area contributed by atoms with Crippen LogP contribution in [-0.4, -0.2) is 16.9 Å². The molecule has 0 aliphatic heterocycles. The molecule has 1 unspecified atom stereocenters. The van der Waals surface area contributed by atoms with E-state index in [-0.39, 0.29) is 17.1 Å².